The minimum Gasteiger partial charge on any atom is -0.316 e. The first-order chi connectivity index (χ1) is 8.27. The van der Waals surface area contributed by atoms with Gasteiger partial charge < -0.3 is 5.32 Å². The Morgan fingerprint density at radius 2 is 2.06 bits per heavy atom. The second kappa shape index (κ2) is 5.10. The van der Waals surface area contributed by atoms with E-state index < -0.39 is 0 Å². The Morgan fingerprint density at radius 1 is 1.29 bits per heavy atom. The Bertz CT molecular complexity index is 505. The van der Waals surface area contributed by atoms with Gasteiger partial charge in [0.2, 0.25) is 5.95 Å². The van der Waals surface area contributed by atoms with Gasteiger partial charge in [0, 0.05) is 13.1 Å². The third kappa shape index (κ3) is 2.22. The van der Waals surface area contributed by atoms with E-state index in [-0.39, 0.29) is 5.95 Å². The van der Waals surface area contributed by atoms with E-state index in [0.29, 0.717) is 18.7 Å². The first kappa shape index (κ1) is 11.8. The zero-order valence-corrected chi connectivity index (χ0v) is 10.1. The molecule has 0 aliphatic rings. The van der Waals surface area contributed by atoms with Crippen molar-refractivity contribution in [1.82, 2.24) is 15.1 Å². The van der Waals surface area contributed by atoms with E-state index in [1.807, 2.05) is 38.2 Å². The molecule has 0 bridgehead atoms. The van der Waals surface area contributed by atoms with Crippen LogP contribution in [0.2, 0.25) is 0 Å². The number of aromatic nitrogens is 2. The fourth-order valence-corrected chi connectivity index (χ4v) is 1.90. The van der Waals surface area contributed by atoms with Crippen molar-refractivity contribution < 1.29 is 4.39 Å². The molecule has 0 amide bonds. The fourth-order valence-electron chi connectivity index (χ4n) is 1.90. The first-order valence-electron chi connectivity index (χ1n) is 5.72. The topological polar surface area (TPSA) is 29.9 Å². The van der Waals surface area contributed by atoms with Gasteiger partial charge in [-0.25, -0.2) is 4.68 Å². The molecule has 1 aromatic carbocycles. The molecule has 0 saturated heterocycles. The van der Waals surface area contributed by atoms with Crippen LogP contribution in [0.4, 0.5) is 4.39 Å². The number of aryl methyl sites for hydroxylation is 1. The summed E-state index contributed by atoms with van der Waals surface area (Å²) >= 11 is 0. The maximum absolute atomic E-state index is 14.0. The van der Waals surface area contributed by atoms with Crippen LogP contribution in [0.15, 0.2) is 30.5 Å². The average Bonchev–Trinajstić information content (AvgIpc) is 2.72. The molecule has 0 spiro atoms. The second-order valence-electron chi connectivity index (χ2n) is 3.85. The maximum Gasteiger partial charge on any atom is 0.219 e. The van der Waals surface area contributed by atoms with E-state index in [1.165, 1.54) is 4.68 Å². The van der Waals surface area contributed by atoms with Crippen LogP contribution >= 0.6 is 0 Å². The lowest BCUT2D eigenvalue weighted by molar-refractivity contribution is 0.473. The molecular formula is C13H16FN3. The molecule has 2 aromatic rings. The summed E-state index contributed by atoms with van der Waals surface area (Å²) in [6, 6.07) is 7.79. The molecule has 2 rings (SSSR count). The Morgan fingerprint density at radius 3 is 2.71 bits per heavy atom. The molecule has 17 heavy (non-hydrogen) atoms. The van der Waals surface area contributed by atoms with Crippen molar-refractivity contribution in [3.63, 3.8) is 0 Å². The Balaban J connectivity index is 2.48. The first-order valence-corrected chi connectivity index (χ1v) is 5.72. The second-order valence-corrected chi connectivity index (χ2v) is 3.85. The van der Waals surface area contributed by atoms with Crippen LogP contribution in [0.3, 0.4) is 0 Å². The molecule has 0 radical (unpaired) electrons. The van der Waals surface area contributed by atoms with Crippen molar-refractivity contribution in [3.05, 3.63) is 42.0 Å². The van der Waals surface area contributed by atoms with Gasteiger partial charge in [0.05, 0.1) is 11.8 Å². The van der Waals surface area contributed by atoms with Crippen molar-refractivity contribution in [2.24, 2.45) is 0 Å². The lowest BCUT2D eigenvalue weighted by Gasteiger charge is -2.07. The number of benzene rings is 1. The Kier molecular flexibility index (Phi) is 3.54. The van der Waals surface area contributed by atoms with Gasteiger partial charge in [0.15, 0.2) is 0 Å². The van der Waals surface area contributed by atoms with Gasteiger partial charge in [0.1, 0.15) is 0 Å². The van der Waals surface area contributed by atoms with E-state index in [1.54, 1.807) is 6.20 Å². The van der Waals surface area contributed by atoms with Crippen LogP contribution in [-0.2, 0) is 13.1 Å². The Labute approximate surface area is 100 Å². The summed E-state index contributed by atoms with van der Waals surface area (Å²) in [6.07, 6.45) is 1.59. The largest absolute Gasteiger partial charge is 0.316 e. The van der Waals surface area contributed by atoms with E-state index in [0.717, 1.165) is 11.1 Å². The third-order valence-corrected chi connectivity index (χ3v) is 2.75. The normalized spacial score (nSPS) is 10.8. The maximum atomic E-state index is 14.0. The minimum atomic E-state index is -0.268. The molecule has 0 unspecified atom stereocenters. The molecule has 1 N–H and O–H groups in total. The smallest absolute Gasteiger partial charge is 0.219 e. The highest BCUT2D eigenvalue weighted by atomic mass is 19.1. The van der Waals surface area contributed by atoms with Crippen LogP contribution in [0.1, 0.15) is 12.5 Å². The highest BCUT2D eigenvalue weighted by Gasteiger charge is 2.13. The monoisotopic (exact) mass is 233 g/mol. The quantitative estimate of drug-likeness (QED) is 0.879. The summed E-state index contributed by atoms with van der Waals surface area (Å²) in [5.41, 5.74) is 2.54. The molecule has 90 valence electrons. The lowest BCUT2D eigenvalue weighted by Crippen LogP contribution is -2.06. The van der Waals surface area contributed by atoms with E-state index in [4.69, 9.17) is 0 Å². The van der Waals surface area contributed by atoms with Crippen molar-refractivity contribution in [3.8, 4) is 11.1 Å². The summed E-state index contributed by atoms with van der Waals surface area (Å²) in [5.74, 6) is -0.268. The van der Waals surface area contributed by atoms with Crippen LogP contribution in [0.25, 0.3) is 11.1 Å². The summed E-state index contributed by atoms with van der Waals surface area (Å²) < 4.78 is 15.4. The summed E-state index contributed by atoms with van der Waals surface area (Å²) in [4.78, 5) is 0. The number of hydrogen-bond acceptors (Lipinski definition) is 2. The third-order valence-electron chi connectivity index (χ3n) is 2.75. The zero-order chi connectivity index (χ0) is 12.3. The molecule has 4 heteroatoms. The van der Waals surface area contributed by atoms with Crippen LogP contribution in [0, 0.1) is 5.95 Å². The van der Waals surface area contributed by atoms with E-state index >= 15 is 0 Å². The number of hydrogen-bond donors (Lipinski definition) is 1. The van der Waals surface area contributed by atoms with Crippen LogP contribution in [-0.4, -0.2) is 16.8 Å². The molecule has 0 atom stereocenters. The average molecular weight is 233 g/mol. The SMILES string of the molecule is CCn1ncc(-c2ccccc2CNC)c1F. The summed E-state index contributed by atoms with van der Waals surface area (Å²) in [5, 5.41) is 7.12. The van der Waals surface area contributed by atoms with Crippen molar-refractivity contribution in [1.29, 1.82) is 0 Å². The van der Waals surface area contributed by atoms with Gasteiger partial charge in [-0.15, -0.1) is 0 Å². The minimum absolute atomic E-state index is 0.268. The number of rotatable bonds is 4. The van der Waals surface area contributed by atoms with Crippen LogP contribution < -0.4 is 5.32 Å². The molecular weight excluding hydrogens is 217 g/mol. The van der Waals surface area contributed by atoms with E-state index in [2.05, 4.69) is 10.4 Å². The van der Waals surface area contributed by atoms with Gasteiger partial charge >= 0.3 is 0 Å². The fraction of sp³-hybridized carbons (Fsp3) is 0.308. The molecule has 0 aliphatic heterocycles. The predicted octanol–water partition coefficient (Wildman–Crippen LogP) is 2.43. The standard InChI is InChI=1S/C13H16FN3/c1-3-17-13(14)12(9-16-17)11-7-5-4-6-10(11)8-15-2/h4-7,9,15H,3,8H2,1-2H3. The molecule has 0 aliphatic carbocycles. The van der Waals surface area contributed by atoms with Gasteiger partial charge in [-0.3, -0.25) is 0 Å². The number of halogens is 1. The van der Waals surface area contributed by atoms with Gasteiger partial charge in [0.25, 0.3) is 0 Å². The zero-order valence-electron chi connectivity index (χ0n) is 10.1. The molecule has 1 heterocycles. The van der Waals surface area contributed by atoms with Crippen molar-refractivity contribution in [2.75, 3.05) is 7.05 Å². The highest BCUT2D eigenvalue weighted by molar-refractivity contribution is 5.66. The Hall–Kier alpha value is -1.68. The molecule has 0 saturated carbocycles. The number of nitrogens with one attached hydrogen (secondary N) is 1. The number of nitrogens with zero attached hydrogens (tertiary/aromatic N) is 2. The van der Waals surface area contributed by atoms with Crippen molar-refractivity contribution in [2.45, 2.75) is 20.0 Å². The van der Waals surface area contributed by atoms with Gasteiger partial charge in [-0.2, -0.15) is 9.49 Å². The highest BCUT2D eigenvalue weighted by Crippen LogP contribution is 2.26. The summed E-state index contributed by atoms with van der Waals surface area (Å²) in [6.45, 7) is 3.13. The molecule has 0 fully saturated rings. The van der Waals surface area contributed by atoms with Gasteiger partial charge in [-0.05, 0) is 25.1 Å². The van der Waals surface area contributed by atoms with Gasteiger partial charge in [-0.1, -0.05) is 24.3 Å². The predicted molar refractivity (Wildman–Crippen MR) is 66.1 cm³/mol. The molecule has 1 aromatic heterocycles. The lowest BCUT2D eigenvalue weighted by atomic mass is 10.0. The van der Waals surface area contributed by atoms with E-state index in [9.17, 15) is 4.39 Å². The van der Waals surface area contributed by atoms with Crippen LogP contribution in [0.5, 0.6) is 0 Å². The summed E-state index contributed by atoms with van der Waals surface area (Å²) in [7, 11) is 1.88. The van der Waals surface area contributed by atoms with Crippen molar-refractivity contribution >= 4 is 0 Å². The molecule has 3 nitrogen and oxygen atoms in total.